The summed E-state index contributed by atoms with van der Waals surface area (Å²) in [5.74, 6) is 2.77. The van der Waals surface area contributed by atoms with Crippen LogP contribution in [0.15, 0.2) is 12.1 Å². The molecule has 118 valence electrons. The number of piperidine rings is 1. The van der Waals surface area contributed by atoms with Gasteiger partial charge in [0, 0.05) is 30.8 Å². The van der Waals surface area contributed by atoms with Crippen LogP contribution in [-0.4, -0.2) is 45.4 Å². The van der Waals surface area contributed by atoms with E-state index >= 15 is 0 Å². The quantitative estimate of drug-likeness (QED) is 0.898. The summed E-state index contributed by atoms with van der Waals surface area (Å²) in [5.41, 5.74) is 7.19. The standard InChI is InChI=1S/C16H26N2O3/c1-11-9-18(6-5-13(11)17)10-12-7-15(20-3)16(21-4)8-14(12)19-2/h7-8,11,13H,5-6,9-10,17H2,1-4H3. The highest BCUT2D eigenvalue weighted by Crippen LogP contribution is 2.35. The van der Waals surface area contributed by atoms with Crippen LogP contribution in [0, 0.1) is 5.92 Å². The first-order chi connectivity index (χ1) is 10.1. The van der Waals surface area contributed by atoms with Crippen molar-refractivity contribution in [3.8, 4) is 17.2 Å². The second-order valence-electron chi connectivity index (χ2n) is 5.68. The molecule has 0 amide bonds. The predicted octanol–water partition coefficient (Wildman–Crippen LogP) is 1.88. The minimum Gasteiger partial charge on any atom is -0.496 e. The van der Waals surface area contributed by atoms with E-state index in [4.69, 9.17) is 19.9 Å². The highest BCUT2D eigenvalue weighted by atomic mass is 16.5. The summed E-state index contributed by atoms with van der Waals surface area (Å²) in [6.45, 7) is 5.07. The maximum absolute atomic E-state index is 6.09. The van der Waals surface area contributed by atoms with Gasteiger partial charge in [0.25, 0.3) is 0 Å². The Balaban J connectivity index is 2.18. The van der Waals surface area contributed by atoms with Gasteiger partial charge in [-0.3, -0.25) is 4.90 Å². The smallest absolute Gasteiger partial charge is 0.164 e. The molecule has 2 rings (SSSR count). The Morgan fingerprint density at radius 1 is 1.10 bits per heavy atom. The van der Waals surface area contributed by atoms with E-state index in [2.05, 4.69) is 11.8 Å². The third-order valence-corrected chi connectivity index (χ3v) is 4.24. The number of rotatable bonds is 5. The fourth-order valence-electron chi connectivity index (χ4n) is 2.85. The lowest BCUT2D eigenvalue weighted by molar-refractivity contribution is 0.156. The average molecular weight is 294 g/mol. The molecule has 2 N–H and O–H groups in total. The molecule has 0 aliphatic carbocycles. The van der Waals surface area contributed by atoms with E-state index in [1.54, 1.807) is 21.3 Å². The van der Waals surface area contributed by atoms with Gasteiger partial charge in [0.05, 0.1) is 21.3 Å². The van der Waals surface area contributed by atoms with Crippen molar-refractivity contribution in [1.82, 2.24) is 4.90 Å². The Labute approximate surface area is 127 Å². The highest BCUT2D eigenvalue weighted by Gasteiger charge is 2.24. The third-order valence-electron chi connectivity index (χ3n) is 4.24. The zero-order chi connectivity index (χ0) is 15.4. The minimum absolute atomic E-state index is 0.313. The molecule has 1 aliphatic heterocycles. The molecule has 1 aromatic rings. The zero-order valence-corrected chi connectivity index (χ0v) is 13.4. The first-order valence-electron chi connectivity index (χ1n) is 7.35. The van der Waals surface area contributed by atoms with Crippen molar-refractivity contribution in [2.75, 3.05) is 34.4 Å². The summed E-state index contributed by atoms with van der Waals surface area (Å²) in [6, 6.07) is 4.19. The van der Waals surface area contributed by atoms with Crippen LogP contribution in [0.4, 0.5) is 0 Å². The normalized spacial score (nSPS) is 22.9. The molecule has 2 atom stereocenters. The molecular weight excluding hydrogens is 268 g/mol. The number of hydrogen-bond donors (Lipinski definition) is 1. The van der Waals surface area contributed by atoms with E-state index in [9.17, 15) is 0 Å². The summed E-state index contributed by atoms with van der Waals surface area (Å²) in [5, 5.41) is 0. The maximum atomic E-state index is 6.09. The van der Waals surface area contributed by atoms with Crippen LogP contribution < -0.4 is 19.9 Å². The molecule has 0 radical (unpaired) electrons. The van der Waals surface area contributed by atoms with Crippen LogP contribution in [0.5, 0.6) is 17.2 Å². The van der Waals surface area contributed by atoms with Gasteiger partial charge in [-0.15, -0.1) is 0 Å². The fraction of sp³-hybridized carbons (Fsp3) is 0.625. The van der Waals surface area contributed by atoms with Gasteiger partial charge in [0.15, 0.2) is 11.5 Å². The van der Waals surface area contributed by atoms with E-state index in [1.807, 2.05) is 12.1 Å². The van der Waals surface area contributed by atoms with Crippen molar-refractivity contribution in [2.24, 2.45) is 11.7 Å². The van der Waals surface area contributed by atoms with Crippen LogP contribution in [-0.2, 0) is 6.54 Å². The monoisotopic (exact) mass is 294 g/mol. The van der Waals surface area contributed by atoms with E-state index in [0.29, 0.717) is 17.7 Å². The topological polar surface area (TPSA) is 57.0 Å². The summed E-state index contributed by atoms with van der Waals surface area (Å²) in [4.78, 5) is 2.41. The second kappa shape index (κ2) is 7.00. The summed E-state index contributed by atoms with van der Waals surface area (Å²) in [7, 11) is 4.96. The Bertz CT molecular complexity index is 479. The molecule has 0 saturated carbocycles. The van der Waals surface area contributed by atoms with Gasteiger partial charge in [-0.05, 0) is 24.9 Å². The number of benzene rings is 1. The van der Waals surface area contributed by atoms with Gasteiger partial charge < -0.3 is 19.9 Å². The van der Waals surface area contributed by atoms with Gasteiger partial charge in [-0.25, -0.2) is 0 Å². The lowest BCUT2D eigenvalue weighted by Crippen LogP contribution is -2.45. The minimum atomic E-state index is 0.313. The maximum Gasteiger partial charge on any atom is 0.164 e. The first-order valence-corrected chi connectivity index (χ1v) is 7.35. The summed E-state index contributed by atoms with van der Waals surface area (Å²) >= 11 is 0. The molecule has 5 nitrogen and oxygen atoms in total. The lowest BCUT2D eigenvalue weighted by Gasteiger charge is -2.35. The molecule has 1 aliphatic rings. The van der Waals surface area contributed by atoms with E-state index in [0.717, 1.165) is 43.1 Å². The van der Waals surface area contributed by atoms with Crippen molar-refractivity contribution in [3.05, 3.63) is 17.7 Å². The van der Waals surface area contributed by atoms with Gasteiger partial charge >= 0.3 is 0 Å². The largest absolute Gasteiger partial charge is 0.496 e. The Morgan fingerprint density at radius 3 is 2.29 bits per heavy atom. The van der Waals surface area contributed by atoms with Crippen molar-refractivity contribution >= 4 is 0 Å². The SMILES string of the molecule is COc1cc(OC)c(OC)cc1CN1CCC(N)C(C)C1. The van der Waals surface area contributed by atoms with Gasteiger partial charge in [0.1, 0.15) is 5.75 Å². The predicted molar refractivity (Wildman–Crippen MR) is 83.1 cm³/mol. The molecule has 0 bridgehead atoms. The molecule has 0 aromatic heterocycles. The van der Waals surface area contributed by atoms with Gasteiger partial charge in [0.2, 0.25) is 0 Å². The molecule has 1 fully saturated rings. The van der Waals surface area contributed by atoms with Crippen LogP contribution in [0.1, 0.15) is 18.9 Å². The van der Waals surface area contributed by atoms with Crippen LogP contribution in [0.25, 0.3) is 0 Å². The van der Waals surface area contributed by atoms with Crippen molar-refractivity contribution in [1.29, 1.82) is 0 Å². The average Bonchev–Trinajstić information content (AvgIpc) is 2.50. The Kier molecular flexibility index (Phi) is 5.31. The molecule has 0 spiro atoms. The second-order valence-corrected chi connectivity index (χ2v) is 5.68. The number of nitrogens with zero attached hydrogens (tertiary/aromatic N) is 1. The molecule has 2 unspecified atom stereocenters. The molecule has 1 heterocycles. The van der Waals surface area contributed by atoms with Crippen molar-refractivity contribution in [2.45, 2.75) is 25.9 Å². The number of likely N-dealkylation sites (tertiary alicyclic amines) is 1. The summed E-state index contributed by atoms with van der Waals surface area (Å²) in [6.07, 6.45) is 1.04. The van der Waals surface area contributed by atoms with E-state index < -0.39 is 0 Å². The van der Waals surface area contributed by atoms with Gasteiger partial charge in [-0.1, -0.05) is 6.92 Å². The fourth-order valence-corrected chi connectivity index (χ4v) is 2.85. The number of nitrogens with two attached hydrogens (primary N) is 1. The highest BCUT2D eigenvalue weighted by molar-refractivity contribution is 5.50. The van der Waals surface area contributed by atoms with E-state index in [-0.39, 0.29) is 0 Å². The molecule has 21 heavy (non-hydrogen) atoms. The van der Waals surface area contributed by atoms with Crippen LogP contribution in [0.3, 0.4) is 0 Å². The first kappa shape index (κ1) is 15.9. The lowest BCUT2D eigenvalue weighted by atomic mass is 9.94. The van der Waals surface area contributed by atoms with Crippen molar-refractivity contribution < 1.29 is 14.2 Å². The summed E-state index contributed by atoms with van der Waals surface area (Å²) < 4.78 is 16.2. The Hall–Kier alpha value is -1.46. The Morgan fingerprint density at radius 2 is 1.71 bits per heavy atom. The number of ether oxygens (including phenoxy) is 3. The van der Waals surface area contributed by atoms with E-state index in [1.165, 1.54) is 0 Å². The third kappa shape index (κ3) is 3.60. The van der Waals surface area contributed by atoms with Gasteiger partial charge in [-0.2, -0.15) is 0 Å². The molecular formula is C16H26N2O3. The molecule has 5 heteroatoms. The van der Waals surface area contributed by atoms with Crippen molar-refractivity contribution in [3.63, 3.8) is 0 Å². The van der Waals surface area contributed by atoms with Crippen LogP contribution in [0.2, 0.25) is 0 Å². The molecule has 1 aromatic carbocycles. The number of methoxy groups -OCH3 is 3. The molecule has 1 saturated heterocycles. The van der Waals surface area contributed by atoms with Crippen LogP contribution >= 0.6 is 0 Å². The number of hydrogen-bond acceptors (Lipinski definition) is 5. The zero-order valence-electron chi connectivity index (χ0n) is 13.4.